The van der Waals surface area contributed by atoms with Crippen LogP contribution in [0.3, 0.4) is 0 Å². The first-order valence-corrected chi connectivity index (χ1v) is 8.52. The zero-order chi connectivity index (χ0) is 11.6. The van der Waals surface area contributed by atoms with Gasteiger partial charge in [0, 0.05) is 22.2 Å². The van der Waals surface area contributed by atoms with Gasteiger partial charge in [0.15, 0.2) is 0 Å². The summed E-state index contributed by atoms with van der Waals surface area (Å²) in [7, 11) is 3.66. The summed E-state index contributed by atoms with van der Waals surface area (Å²) in [5.74, 6) is 3.06. The Morgan fingerprint density at radius 1 is 1.06 bits per heavy atom. The quantitative estimate of drug-likeness (QED) is 0.368. The molecule has 0 bridgehead atoms. The van der Waals surface area contributed by atoms with Gasteiger partial charge in [-0.3, -0.25) is 0 Å². The Morgan fingerprint density at radius 3 is 2.56 bits per heavy atom. The predicted octanol–water partition coefficient (Wildman–Crippen LogP) is 5.03. The lowest BCUT2D eigenvalue weighted by Crippen LogP contribution is -1.84. The molecule has 1 aromatic carbocycles. The third-order valence-corrected chi connectivity index (χ3v) is 5.15. The molecule has 0 N–H and O–H groups in total. The van der Waals surface area contributed by atoms with Crippen LogP contribution in [0.1, 0.15) is 5.56 Å². The van der Waals surface area contributed by atoms with Crippen LogP contribution >= 0.6 is 33.3 Å². The average Bonchev–Trinajstić information content (AvgIpc) is 2.32. The molecule has 0 atom stereocenters. The van der Waals surface area contributed by atoms with Crippen LogP contribution in [0.25, 0.3) is 0 Å². The van der Waals surface area contributed by atoms with Crippen LogP contribution in [-0.4, -0.2) is 11.5 Å². The fourth-order valence-electron chi connectivity index (χ4n) is 1.10. The summed E-state index contributed by atoms with van der Waals surface area (Å²) >= 11 is 1.90. The average molecular weight is 268 g/mol. The molecule has 0 unspecified atom stereocenters. The predicted molar refractivity (Wildman–Crippen MR) is 81.3 cm³/mol. The third-order valence-electron chi connectivity index (χ3n) is 1.80. The molecule has 0 saturated heterocycles. The highest BCUT2D eigenvalue weighted by molar-refractivity contribution is 8.76. The van der Waals surface area contributed by atoms with E-state index in [0.29, 0.717) is 0 Å². The molecule has 16 heavy (non-hydrogen) atoms. The molecule has 0 radical (unpaired) electrons. The topological polar surface area (TPSA) is 0 Å². The van der Waals surface area contributed by atoms with Crippen molar-refractivity contribution in [2.24, 2.45) is 0 Å². The fourth-order valence-corrected chi connectivity index (χ4v) is 3.98. The van der Waals surface area contributed by atoms with E-state index in [9.17, 15) is 0 Å². The van der Waals surface area contributed by atoms with Gasteiger partial charge in [-0.05, 0) is 11.6 Å². The van der Waals surface area contributed by atoms with Gasteiger partial charge in [-0.15, -0.1) is 13.2 Å². The lowest BCUT2D eigenvalue weighted by molar-refractivity contribution is 1.28. The Balaban J connectivity index is 2.52. The molecule has 1 rings (SSSR count). The number of hydrogen-bond acceptors (Lipinski definition) is 3. The molecule has 3 heteroatoms. The number of thioether (sulfide) groups is 1. The third kappa shape index (κ3) is 5.19. The van der Waals surface area contributed by atoms with E-state index in [1.165, 1.54) is 10.5 Å². The Morgan fingerprint density at radius 2 is 1.81 bits per heavy atom. The standard InChI is InChI=1S/C13H16S3/c1-3-9-14-11-12-7-5-6-8-13(12)16-15-10-4-2/h3-8H,1-2,9-11H2. The molecule has 0 nitrogen and oxygen atoms in total. The molecular formula is C13H16S3. The van der Waals surface area contributed by atoms with Gasteiger partial charge in [0.25, 0.3) is 0 Å². The maximum atomic E-state index is 3.73. The largest absolute Gasteiger partial charge is 0.153 e. The van der Waals surface area contributed by atoms with E-state index in [4.69, 9.17) is 0 Å². The fraction of sp³-hybridized carbons (Fsp3) is 0.231. The van der Waals surface area contributed by atoms with Gasteiger partial charge in [-0.2, -0.15) is 11.8 Å². The molecule has 0 heterocycles. The van der Waals surface area contributed by atoms with E-state index in [1.807, 2.05) is 45.5 Å². The van der Waals surface area contributed by atoms with Crippen LogP contribution in [0.2, 0.25) is 0 Å². The van der Waals surface area contributed by atoms with Crippen LogP contribution < -0.4 is 0 Å². The lowest BCUT2D eigenvalue weighted by atomic mass is 10.2. The molecule has 1 aromatic rings. The Hall–Kier alpha value is -0.250. The summed E-state index contributed by atoms with van der Waals surface area (Å²) in [6.45, 7) is 7.46. The second-order valence-electron chi connectivity index (χ2n) is 3.07. The Bertz CT molecular complexity index is 301. The summed E-state index contributed by atoms with van der Waals surface area (Å²) in [6, 6.07) is 8.59. The van der Waals surface area contributed by atoms with Gasteiger partial charge in [0.05, 0.1) is 0 Å². The monoisotopic (exact) mass is 268 g/mol. The van der Waals surface area contributed by atoms with Crippen molar-refractivity contribution in [2.75, 3.05) is 11.5 Å². The van der Waals surface area contributed by atoms with Gasteiger partial charge >= 0.3 is 0 Å². The van der Waals surface area contributed by atoms with Crippen LogP contribution in [0, 0.1) is 0 Å². The van der Waals surface area contributed by atoms with Gasteiger partial charge in [0.1, 0.15) is 0 Å². The normalized spacial score (nSPS) is 10.0. The molecule has 0 spiro atoms. The van der Waals surface area contributed by atoms with E-state index in [1.54, 1.807) is 0 Å². The van der Waals surface area contributed by atoms with Crippen LogP contribution in [0.5, 0.6) is 0 Å². The van der Waals surface area contributed by atoms with Crippen LogP contribution in [0.15, 0.2) is 54.5 Å². The van der Waals surface area contributed by atoms with Crippen molar-refractivity contribution in [2.45, 2.75) is 10.6 Å². The molecule has 0 aromatic heterocycles. The zero-order valence-corrected chi connectivity index (χ0v) is 11.7. The van der Waals surface area contributed by atoms with Gasteiger partial charge in [-0.1, -0.05) is 51.9 Å². The van der Waals surface area contributed by atoms with Crippen molar-refractivity contribution in [3.63, 3.8) is 0 Å². The Kier molecular flexibility index (Phi) is 7.64. The van der Waals surface area contributed by atoms with Crippen molar-refractivity contribution in [3.05, 3.63) is 55.1 Å². The van der Waals surface area contributed by atoms with E-state index in [2.05, 4.69) is 37.4 Å². The summed E-state index contributed by atoms with van der Waals surface area (Å²) < 4.78 is 0. The minimum atomic E-state index is 0.985. The first-order valence-electron chi connectivity index (χ1n) is 5.05. The van der Waals surface area contributed by atoms with E-state index >= 15 is 0 Å². The van der Waals surface area contributed by atoms with Gasteiger partial charge in [0.2, 0.25) is 0 Å². The minimum absolute atomic E-state index is 0.985. The molecule has 0 aliphatic carbocycles. The smallest absolute Gasteiger partial charge is 0.0223 e. The number of hydrogen-bond donors (Lipinski definition) is 0. The van der Waals surface area contributed by atoms with Crippen molar-refractivity contribution in [1.29, 1.82) is 0 Å². The van der Waals surface area contributed by atoms with E-state index in [-0.39, 0.29) is 0 Å². The number of benzene rings is 1. The summed E-state index contributed by atoms with van der Waals surface area (Å²) in [6.07, 6.45) is 3.89. The molecule has 0 aliphatic heterocycles. The highest BCUT2D eigenvalue weighted by atomic mass is 33.1. The molecule has 0 amide bonds. The number of rotatable bonds is 8. The second-order valence-corrected chi connectivity index (χ2v) is 6.48. The summed E-state index contributed by atoms with van der Waals surface area (Å²) in [5.41, 5.74) is 1.41. The highest BCUT2D eigenvalue weighted by Crippen LogP contribution is 2.34. The maximum absolute atomic E-state index is 3.73. The lowest BCUT2D eigenvalue weighted by Gasteiger charge is -2.06. The molecule has 0 aliphatic rings. The van der Waals surface area contributed by atoms with E-state index in [0.717, 1.165) is 17.3 Å². The second kappa shape index (κ2) is 8.85. The first-order chi connectivity index (χ1) is 7.88. The minimum Gasteiger partial charge on any atom is -0.153 e. The summed E-state index contributed by atoms with van der Waals surface area (Å²) in [5, 5.41) is 0. The zero-order valence-electron chi connectivity index (χ0n) is 9.22. The maximum Gasteiger partial charge on any atom is 0.0223 e. The molecule has 86 valence electrons. The van der Waals surface area contributed by atoms with Crippen molar-refractivity contribution >= 4 is 33.3 Å². The van der Waals surface area contributed by atoms with Crippen molar-refractivity contribution in [1.82, 2.24) is 0 Å². The van der Waals surface area contributed by atoms with Gasteiger partial charge < -0.3 is 0 Å². The van der Waals surface area contributed by atoms with Crippen molar-refractivity contribution < 1.29 is 0 Å². The summed E-state index contributed by atoms with van der Waals surface area (Å²) in [4.78, 5) is 1.37. The molecular weight excluding hydrogens is 252 g/mol. The van der Waals surface area contributed by atoms with Crippen LogP contribution in [-0.2, 0) is 5.75 Å². The van der Waals surface area contributed by atoms with E-state index < -0.39 is 0 Å². The van der Waals surface area contributed by atoms with Gasteiger partial charge in [-0.25, -0.2) is 0 Å². The molecule has 0 saturated carbocycles. The van der Waals surface area contributed by atoms with Crippen LogP contribution in [0.4, 0.5) is 0 Å². The SMILES string of the molecule is C=CCSCc1ccccc1SSCC=C. The van der Waals surface area contributed by atoms with Crippen molar-refractivity contribution in [3.8, 4) is 0 Å². The first kappa shape index (κ1) is 13.8. The highest BCUT2D eigenvalue weighted by Gasteiger charge is 2.01. The molecule has 0 fully saturated rings. The Labute approximate surface area is 110 Å².